The molecule has 21 heavy (non-hydrogen) atoms. The molecule has 1 atom stereocenters. The molecule has 0 bridgehead atoms. The van der Waals surface area contributed by atoms with Gasteiger partial charge in [-0.05, 0) is 37.8 Å². The van der Waals surface area contributed by atoms with E-state index in [1.54, 1.807) is 4.90 Å². The van der Waals surface area contributed by atoms with Crippen molar-refractivity contribution in [3.63, 3.8) is 0 Å². The molecule has 0 radical (unpaired) electrons. The number of nitrogens with zero attached hydrogens (tertiary/aromatic N) is 2. The van der Waals surface area contributed by atoms with Crippen LogP contribution in [-0.2, 0) is 9.59 Å². The molecule has 1 aliphatic heterocycles. The predicted octanol–water partition coefficient (Wildman–Crippen LogP) is 2.83. The quantitative estimate of drug-likeness (QED) is 0.855. The van der Waals surface area contributed by atoms with Gasteiger partial charge in [0.25, 0.3) is 0 Å². The molecular formula is C17H24N2O2. The monoisotopic (exact) mass is 288 g/mol. The van der Waals surface area contributed by atoms with Crippen molar-refractivity contribution >= 4 is 17.5 Å². The molecule has 0 N–H and O–H groups in total. The first-order valence-electron chi connectivity index (χ1n) is 7.76. The van der Waals surface area contributed by atoms with Crippen LogP contribution in [0.3, 0.4) is 0 Å². The lowest BCUT2D eigenvalue weighted by Crippen LogP contribution is -2.48. The Balaban J connectivity index is 2.10. The number of rotatable bonds is 4. The van der Waals surface area contributed by atoms with E-state index in [0.29, 0.717) is 6.04 Å². The fraction of sp³-hybridized carbons (Fsp3) is 0.529. The van der Waals surface area contributed by atoms with E-state index in [9.17, 15) is 9.59 Å². The highest BCUT2D eigenvalue weighted by Crippen LogP contribution is 2.21. The Labute approximate surface area is 126 Å². The molecule has 4 nitrogen and oxygen atoms in total. The maximum absolute atomic E-state index is 12.6. The Kier molecular flexibility index (Phi) is 5.37. The number of hydrogen-bond acceptors (Lipinski definition) is 2. The summed E-state index contributed by atoms with van der Waals surface area (Å²) < 4.78 is 0. The molecule has 2 amide bonds. The summed E-state index contributed by atoms with van der Waals surface area (Å²) in [5.41, 5.74) is 0.781. The summed E-state index contributed by atoms with van der Waals surface area (Å²) in [5.74, 6) is -0.0415. The van der Waals surface area contributed by atoms with Gasteiger partial charge in [0, 0.05) is 25.2 Å². The highest BCUT2D eigenvalue weighted by atomic mass is 16.2. The predicted molar refractivity (Wildman–Crippen MR) is 84.1 cm³/mol. The molecule has 0 aliphatic carbocycles. The topological polar surface area (TPSA) is 40.6 Å². The van der Waals surface area contributed by atoms with E-state index in [1.807, 2.05) is 35.2 Å². The van der Waals surface area contributed by atoms with Crippen molar-refractivity contribution in [3.05, 3.63) is 30.3 Å². The molecule has 1 aromatic rings. The molecule has 1 heterocycles. The van der Waals surface area contributed by atoms with E-state index in [4.69, 9.17) is 0 Å². The molecule has 0 saturated carbocycles. The van der Waals surface area contributed by atoms with Gasteiger partial charge in [-0.1, -0.05) is 25.1 Å². The minimum Gasteiger partial charge on any atom is -0.338 e. The third-order valence-electron chi connectivity index (χ3n) is 4.16. The van der Waals surface area contributed by atoms with Crippen LogP contribution in [0.4, 0.5) is 5.69 Å². The first-order chi connectivity index (χ1) is 10.1. The Morgan fingerprint density at radius 2 is 1.95 bits per heavy atom. The third-order valence-corrected chi connectivity index (χ3v) is 4.16. The lowest BCUT2D eigenvalue weighted by molar-refractivity contribution is -0.134. The summed E-state index contributed by atoms with van der Waals surface area (Å²) in [7, 11) is 0. The maximum atomic E-state index is 12.6. The number of likely N-dealkylation sites (tertiary alicyclic amines) is 1. The van der Waals surface area contributed by atoms with Crippen LogP contribution in [0.15, 0.2) is 30.3 Å². The van der Waals surface area contributed by atoms with E-state index in [2.05, 4.69) is 6.92 Å². The second-order valence-electron chi connectivity index (χ2n) is 5.59. The first-order valence-corrected chi connectivity index (χ1v) is 7.76. The fourth-order valence-corrected chi connectivity index (χ4v) is 2.97. The zero-order chi connectivity index (χ0) is 15.2. The van der Waals surface area contributed by atoms with Crippen LogP contribution in [0.1, 0.15) is 39.5 Å². The normalized spacial score (nSPS) is 18.4. The summed E-state index contributed by atoms with van der Waals surface area (Å²) in [6.07, 6.45) is 4.32. The molecule has 0 aromatic heterocycles. The zero-order valence-corrected chi connectivity index (χ0v) is 12.9. The number of amides is 2. The van der Waals surface area contributed by atoms with Crippen molar-refractivity contribution in [3.8, 4) is 0 Å². The number of benzene rings is 1. The molecule has 1 saturated heterocycles. The number of piperidine rings is 1. The zero-order valence-electron chi connectivity index (χ0n) is 12.9. The number of carbonyl (C=O) groups is 2. The molecule has 1 aliphatic rings. The van der Waals surface area contributed by atoms with Gasteiger partial charge in [0.15, 0.2) is 0 Å². The number of para-hydroxylation sites is 1. The van der Waals surface area contributed by atoms with Crippen LogP contribution in [0, 0.1) is 0 Å². The van der Waals surface area contributed by atoms with Gasteiger partial charge < -0.3 is 9.80 Å². The second kappa shape index (κ2) is 7.25. The molecule has 4 heteroatoms. The average Bonchev–Trinajstić information content (AvgIpc) is 2.52. The summed E-state index contributed by atoms with van der Waals surface area (Å²) in [4.78, 5) is 28.0. The Hall–Kier alpha value is -1.84. The Morgan fingerprint density at radius 3 is 2.57 bits per heavy atom. The van der Waals surface area contributed by atoms with Crippen molar-refractivity contribution in [2.24, 2.45) is 0 Å². The minimum absolute atomic E-state index is 0.0561. The van der Waals surface area contributed by atoms with E-state index in [1.165, 1.54) is 13.3 Å². The third kappa shape index (κ3) is 3.84. The van der Waals surface area contributed by atoms with Gasteiger partial charge in [-0.25, -0.2) is 0 Å². The molecule has 1 fully saturated rings. The van der Waals surface area contributed by atoms with Gasteiger partial charge in [0.1, 0.15) is 6.54 Å². The number of hydrogen-bond donors (Lipinski definition) is 0. The summed E-state index contributed by atoms with van der Waals surface area (Å²) in [6.45, 7) is 4.58. The van der Waals surface area contributed by atoms with Gasteiger partial charge in [-0.2, -0.15) is 0 Å². The van der Waals surface area contributed by atoms with Crippen LogP contribution >= 0.6 is 0 Å². The van der Waals surface area contributed by atoms with Gasteiger partial charge in [0.05, 0.1) is 0 Å². The lowest BCUT2D eigenvalue weighted by Gasteiger charge is -2.36. The molecule has 114 valence electrons. The van der Waals surface area contributed by atoms with Crippen LogP contribution in [-0.4, -0.2) is 35.8 Å². The van der Waals surface area contributed by atoms with Crippen molar-refractivity contribution < 1.29 is 9.59 Å². The van der Waals surface area contributed by atoms with Crippen LogP contribution in [0.25, 0.3) is 0 Å². The smallest absolute Gasteiger partial charge is 0.242 e. The van der Waals surface area contributed by atoms with E-state index < -0.39 is 0 Å². The maximum Gasteiger partial charge on any atom is 0.242 e. The first kappa shape index (κ1) is 15.5. The Bertz CT molecular complexity index is 487. The highest BCUT2D eigenvalue weighted by molar-refractivity contribution is 5.97. The Morgan fingerprint density at radius 1 is 1.24 bits per heavy atom. The van der Waals surface area contributed by atoms with Gasteiger partial charge in [-0.15, -0.1) is 0 Å². The molecule has 1 aromatic carbocycles. The molecule has 2 rings (SSSR count). The van der Waals surface area contributed by atoms with Gasteiger partial charge in [-0.3, -0.25) is 9.59 Å². The lowest BCUT2D eigenvalue weighted by atomic mass is 10.00. The fourth-order valence-electron chi connectivity index (χ4n) is 2.97. The summed E-state index contributed by atoms with van der Waals surface area (Å²) in [6, 6.07) is 9.72. The highest BCUT2D eigenvalue weighted by Gasteiger charge is 2.27. The average molecular weight is 288 g/mol. The molecular weight excluding hydrogens is 264 g/mol. The number of anilines is 1. The van der Waals surface area contributed by atoms with Crippen LogP contribution < -0.4 is 4.90 Å². The second-order valence-corrected chi connectivity index (χ2v) is 5.59. The number of carbonyl (C=O) groups excluding carboxylic acids is 2. The van der Waals surface area contributed by atoms with Gasteiger partial charge in [0.2, 0.25) is 11.8 Å². The largest absolute Gasteiger partial charge is 0.338 e. The van der Waals surface area contributed by atoms with Crippen molar-refractivity contribution in [1.29, 1.82) is 0 Å². The molecule has 1 unspecified atom stereocenters. The summed E-state index contributed by atoms with van der Waals surface area (Å²) in [5, 5.41) is 0. The van der Waals surface area contributed by atoms with Crippen molar-refractivity contribution in [1.82, 2.24) is 4.90 Å². The minimum atomic E-state index is -0.0976. The van der Waals surface area contributed by atoms with Crippen molar-refractivity contribution in [2.45, 2.75) is 45.6 Å². The van der Waals surface area contributed by atoms with E-state index in [-0.39, 0.29) is 18.4 Å². The standard InChI is InChI=1S/C17H24N2O2/c1-3-15-9-7-8-12-18(15)17(21)13-19(14(2)20)16-10-5-4-6-11-16/h4-6,10-11,15H,3,7-9,12-13H2,1-2H3. The van der Waals surface area contributed by atoms with E-state index in [0.717, 1.165) is 31.5 Å². The summed E-state index contributed by atoms with van der Waals surface area (Å²) >= 11 is 0. The van der Waals surface area contributed by atoms with Crippen molar-refractivity contribution in [2.75, 3.05) is 18.0 Å². The molecule has 0 spiro atoms. The van der Waals surface area contributed by atoms with Gasteiger partial charge >= 0.3 is 0 Å². The van der Waals surface area contributed by atoms with Crippen LogP contribution in [0.2, 0.25) is 0 Å². The SMILES string of the molecule is CCC1CCCCN1C(=O)CN(C(C)=O)c1ccccc1. The van der Waals surface area contributed by atoms with E-state index >= 15 is 0 Å². The van der Waals surface area contributed by atoms with Crippen LogP contribution in [0.5, 0.6) is 0 Å².